The van der Waals surface area contributed by atoms with E-state index in [0.717, 1.165) is 97.7 Å². The lowest BCUT2D eigenvalue weighted by Gasteiger charge is -2.37. The number of aliphatic hydroxyl groups is 1. The van der Waals surface area contributed by atoms with Crippen LogP contribution in [0, 0.1) is 18.2 Å². The second-order valence-electron chi connectivity index (χ2n) is 21.4. The van der Waals surface area contributed by atoms with Gasteiger partial charge in [0.2, 0.25) is 23.6 Å². The third-order valence-electron chi connectivity index (χ3n) is 14.7. The highest BCUT2D eigenvalue weighted by molar-refractivity contribution is 7.13. The Balaban J connectivity index is 0.697. The maximum absolute atomic E-state index is 14.1. The summed E-state index contributed by atoms with van der Waals surface area (Å²) in [5, 5.41) is 34.9. The van der Waals surface area contributed by atoms with E-state index in [0.29, 0.717) is 38.2 Å². The third-order valence-corrected chi connectivity index (χ3v) is 15.6. The number of aromatic nitrogens is 3. The Morgan fingerprint density at radius 1 is 0.855 bits per heavy atom. The maximum Gasteiger partial charge on any atom is 0.246 e. The largest absolute Gasteiger partial charge is 0.507 e. The van der Waals surface area contributed by atoms with Crippen molar-refractivity contribution in [3.63, 3.8) is 0 Å². The van der Waals surface area contributed by atoms with Crippen molar-refractivity contribution in [3.05, 3.63) is 95.4 Å². The fraction of sp³-hybridized carbons (Fsp3) is 0.491. The highest BCUT2D eigenvalue weighted by Gasteiger charge is 2.44. The van der Waals surface area contributed by atoms with Crippen molar-refractivity contribution in [1.29, 1.82) is 0 Å². The number of thiazole rings is 1. The molecule has 2 unspecified atom stereocenters. The van der Waals surface area contributed by atoms with E-state index in [4.69, 9.17) is 10.5 Å². The normalized spacial score (nSPS) is 18.4. The highest BCUT2D eigenvalue weighted by atomic mass is 32.1. The van der Waals surface area contributed by atoms with E-state index in [9.17, 15) is 33.8 Å². The van der Waals surface area contributed by atoms with Gasteiger partial charge in [-0.25, -0.2) is 9.37 Å². The summed E-state index contributed by atoms with van der Waals surface area (Å²) in [4.78, 5) is 67.4. The molecule has 3 fully saturated rings. The van der Waals surface area contributed by atoms with Crippen molar-refractivity contribution < 1.29 is 38.5 Å². The van der Waals surface area contributed by atoms with Crippen molar-refractivity contribution in [3.8, 4) is 33.2 Å². The van der Waals surface area contributed by atoms with Crippen LogP contribution in [0.4, 0.5) is 21.6 Å². The quantitative estimate of drug-likeness (QED) is 0.0474. The first-order valence-electron chi connectivity index (χ1n) is 26.7. The van der Waals surface area contributed by atoms with Crippen LogP contribution in [0.25, 0.3) is 21.7 Å². The predicted octanol–water partition coefficient (Wildman–Crippen LogP) is 7.63. The zero-order valence-electron chi connectivity index (χ0n) is 44.2. The Labute approximate surface area is 449 Å². The summed E-state index contributed by atoms with van der Waals surface area (Å²) < 4.78 is 20.3. The van der Waals surface area contributed by atoms with Gasteiger partial charge in [-0.3, -0.25) is 19.2 Å². The Morgan fingerprint density at radius 2 is 1.54 bits per heavy atom. The van der Waals surface area contributed by atoms with Crippen LogP contribution < -0.4 is 30.9 Å². The van der Waals surface area contributed by atoms with Crippen molar-refractivity contribution in [2.45, 2.75) is 129 Å². The minimum Gasteiger partial charge on any atom is -0.507 e. The minimum absolute atomic E-state index is 0.0189. The monoisotopic (exact) mass is 1060 g/mol. The summed E-state index contributed by atoms with van der Waals surface area (Å²) in [5.74, 6) is -0.922. The number of halogens is 1. The van der Waals surface area contributed by atoms with E-state index in [1.54, 1.807) is 17.4 Å². The molecule has 0 bridgehead atoms. The number of carbonyl (C=O) groups is 4. The molecule has 0 spiro atoms. The number of rotatable bonds is 20. The smallest absolute Gasteiger partial charge is 0.246 e. The van der Waals surface area contributed by atoms with Crippen molar-refractivity contribution in [2.75, 3.05) is 61.3 Å². The van der Waals surface area contributed by atoms with Crippen LogP contribution >= 0.6 is 11.3 Å². The number of phenols is 1. The molecule has 406 valence electrons. The van der Waals surface area contributed by atoms with Crippen LogP contribution in [0.5, 0.6) is 11.5 Å². The van der Waals surface area contributed by atoms with Gasteiger partial charge in [-0.2, -0.15) is 0 Å². The van der Waals surface area contributed by atoms with Crippen LogP contribution in [-0.4, -0.2) is 129 Å². The predicted molar refractivity (Wildman–Crippen MR) is 293 cm³/mol. The van der Waals surface area contributed by atoms with Crippen molar-refractivity contribution in [1.82, 2.24) is 35.6 Å². The molecule has 8 rings (SSSR count). The van der Waals surface area contributed by atoms with Crippen LogP contribution in [-0.2, 0) is 25.7 Å². The van der Waals surface area contributed by atoms with Gasteiger partial charge in [-0.1, -0.05) is 70.7 Å². The molecule has 3 aliphatic heterocycles. The molecular weight excluding hydrogens is 988 g/mol. The summed E-state index contributed by atoms with van der Waals surface area (Å²) in [6.07, 6.45) is 6.81. The molecule has 5 aromatic rings. The number of hydrogen-bond donors (Lipinski definition) is 5. The van der Waals surface area contributed by atoms with E-state index in [-0.39, 0.29) is 78.5 Å². The topological polar surface area (TPSA) is 220 Å². The van der Waals surface area contributed by atoms with E-state index >= 15 is 0 Å². The lowest BCUT2D eigenvalue weighted by molar-refractivity contribution is -0.144. The van der Waals surface area contributed by atoms with Crippen LogP contribution in [0.15, 0.2) is 78.3 Å². The average Bonchev–Trinajstić information content (AvgIpc) is 4.05. The number of phenolic OH excluding ortho intramolecular Hbond substituents is 1. The summed E-state index contributed by atoms with van der Waals surface area (Å²) in [6, 6.07) is 19.9. The molecule has 3 saturated heterocycles. The van der Waals surface area contributed by atoms with Gasteiger partial charge >= 0.3 is 0 Å². The first kappa shape index (κ1) is 55.4. The molecule has 0 saturated carbocycles. The lowest BCUT2D eigenvalue weighted by Crippen LogP contribution is -2.57. The fourth-order valence-electron chi connectivity index (χ4n) is 10.3. The number of nitrogens with zero attached hydrogens (tertiary/aromatic N) is 7. The number of β-amino-alcohol motifs (C(OH)–C–C–N with tert-alkyl or cyclic N) is 1. The van der Waals surface area contributed by atoms with Crippen LogP contribution in [0.2, 0.25) is 0 Å². The van der Waals surface area contributed by atoms with Crippen molar-refractivity contribution in [2.24, 2.45) is 5.41 Å². The number of nitrogens with one attached hydrogen (secondary N) is 2. The molecular formula is C57H73FN10O7S. The Hall–Kier alpha value is -6.86. The summed E-state index contributed by atoms with van der Waals surface area (Å²) in [7, 11) is 0. The van der Waals surface area contributed by atoms with Gasteiger partial charge in [0.25, 0.3) is 0 Å². The standard InChI is InChI=1S/C57H73FN10O7S/c1-37-52(76-36-61-37)39-17-15-38(16-18-39)33-60-55(73)47-31-43(69)34-68(47)56(74)53(57(2,3)4)62-50(71)13-9-7-5-6-8-10-14-51(72)66-28-26-65(27-29-66)41-20-22-42(23-21-41)67-25-11-12-44(35-67)75-49-32-46(63-64-54(49)59)45-30-40(58)19-24-48(45)70/h15-24,30,32,36,43-44,47,53,69-70H,5-14,25-29,31,33-35H2,1-4H3,(H2,59,64)(H,60,73)(H,62,71)/t43-,44?,47+,53?/m1/s1. The number of nitrogens with two attached hydrogens (primary N) is 1. The third kappa shape index (κ3) is 14.3. The fourth-order valence-corrected chi connectivity index (χ4v) is 11.1. The van der Waals surface area contributed by atoms with E-state index in [2.05, 4.69) is 59.9 Å². The van der Waals surface area contributed by atoms with Gasteiger partial charge in [0.15, 0.2) is 11.6 Å². The molecule has 76 heavy (non-hydrogen) atoms. The maximum atomic E-state index is 14.1. The second kappa shape index (κ2) is 25.3. The number of anilines is 3. The average molecular weight is 1060 g/mol. The molecule has 17 nitrogen and oxygen atoms in total. The van der Waals surface area contributed by atoms with Gasteiger partial charge in [0, 0.05) is 88.1 Å². The zero-order chi connectivity index (χ0) is 53.9. The number of carbonyl (C=O) groups excluding carboxylic acids is 4. The lowest BCUT2D eigenvalue weighted by atomic mass is 9.85. The molecule has 4 atom stereocenters. The number of ether oxygens (including phenoxy) is 1. The number of likely N-dealkylation sites (tertiary alicyclic amines) is 1. The number of aromatic hydroxyl groups is 1. The number of nitrogen functional groups attached to an aromatic ring is 1. The number of amides is 4. The van der Waals surface area contributed by atoms with E-state index < -0.39 is 29.4 Å². The van der Waals surface area contributed by atoms with Gasteiger partial charge < -0.3 is 50.9 Å². The molecule has 19 heteroatoms. The first-order chi connectivity index (χ1) is 36.5. The van der Waals surface area contributed by atoms with Gasteiger partial charge in [-0.05, 0) is 91.6 Å². The summed E-state index contributed by atoms with van der Waals surface area (Å²) in [5.41, 5.74) is 12.9. The molecule has 3 aliphatic rings. The zero-order valence-corrected chi connectivity index (χ0v) is 45.0. The number of piperidine rings is 1. The van der Waals surface area contributed by atoms with E-state index in [1.165, 1.54) is 23.1 Å². The van der Waals surface area contributed by atoms with Gasteiger partial charge in [-0.15, -0.1) is 21.5 Å². The second-order valence-corrected chi connectivity index (χ2v) is 22.3. The Morgan fingerprint density at radius 3 is 2.22 bits per heavy atom. The molecule has 0 radical (unpaired) electrons. The van der Waals surface area contributed by atoms with Gasteiger partial charge in [0.1, 0.15) is 35.4 Å². The summed E-state index contributed by atoms with van der Waals surface area (Å²) >= 11 is 1.58. The molecule has 6 N–H and O–H groups in total. The number of benzene rings is 3. The Kier molecular flexibility index (Phi) is 18.4. The number of unbranched alkanes of at least 4 members (excludes halogenated alkanes) is 5. The molecule has 2 aromatic heterocycles. The number of hydrogen-bond acceptors (Lipinski definition) is 14. The Bertz CT molecular complexity index is 2780. The minimum atomic E-state index is -0.872. The molecule has 3 aromatic carbocycles. The molecule has 0 aliphatic carbocycles. The molecule has 5 heterocycles. The van der Waals surface area contributed by atoms with Crippen LogP contribution in [0.1, 0.15) is 103 Å². The number of piperazine rings is 1. The first-order valence-corrected chi connectivity index (χ1v) is 27.6. The summed E-state index contributed by atoms with van der Waals surface area (Å²) in [6.45, 7) is 12.3. The number of aryl methyl sites for hydroxylation is 1. The SMILES string of the molecule is Cc1ncsc1-c1ccc(CNC(=O)[C@@H]2C[C@@H](O)CN2C(=O)C(NC(=O)CCCCCCCCC(=O)N2CCN(c3ccc(N4CCCC(Oc5cc(-c6cc(F)ccc6O)nnc5N)C4)cc3)CC2)C(C)(C)C)cc1. The number of aliphatic hydroxyl groups excluding tert-OH is 1. The highest BCUT2D eigenvalue weighted by Crippen LogP contribution is 2.34. The molecule has 4 amide bonds. The van der Waals surface area contributed by atoms with Gasteiger partial charge in [0.05, 0.1) is 28.7 Å². The van der Waals surface area contributed by atoms with E-state index in [1.807, 2.05) is 62.4 Å². The van der Waals surface area contributed by atoms with Crippen LogP contribution in [0.3, 0.4) is 0 Å². The van der Waals surface area contributed by atoms with Crippen molar-refractivity contribution >= 4 is 52.2 Å².